The van der Waals surface area contributed by atoms with Crippen molar-refractivity contribution in [3.05, 3.63) is 69.9 Å². The molecule has 1 fully saturated rings. The van der Waals surface area contributed by atoms with Crippen LogP contribution in [0.3, 0.4) is 0 Å². The number of rotatable bonds is 3. The normalized spacial score (nSPS) is 17.5. The predicted molar refractivity (Wildman–Crippen MR) is 117 cm³/mol. The van der Waals surface area contributed by atoms with Gasteiger partial charge in [0.2, 0.25) is 0 Å². The van der Waals surface area contributed by atoms with Gasteiger partial charge in [0.25, 0.3) is 11.8 Å². The van der Waals surface area contributed by atoms with E-state index in [1.165, 1.54) is 16.9 Å². The number of imide groups is 1. The van der Waals surface area contributed by atoms with Gasteiger partial charge in [-0.05, 0) is 80.8 Å². The summed E-state index contributed by atoms with van der Waals surface area (Å²) in [5.41, 5.74) is 6.97. The van der Waals surface area contributed by atoms with Crippen LogP contribution in [0.25, 0.3) is 5.57 Å². The molecular formula is C25H28N2O2. The van der Waals surface area contributed by atoms with Crippen molar-refractivity contribution < 1.29 is 9.59 Å². The van der Waals surface area contributed by atoms with Crippen LogP contribution < -0.4 is 4.90 Å². The van der Waals surface area contributed by atoms with Gasteiger partial charge in [-0.2, -0.15) is 0 Å². The number of nitrogens with zero attached hydrogens (tertiary/aromatic N) is 2. The van der Waals surface area contributed by atoms with Crippen LogP contribution in [-0.4, -0.2) is 29.8 Å². The molecule has 4 heteroatoms. The van der Waals surface area contributed by atoms with Gasteiger partial charge in [-0.3, -0.25) is 9.59 Å². The first-order valence-electron chi connectivity index (χ1n) is 10.4. The van der Waals surface area contributed by atoms with E-state index >= 15 is 0 Å². The summed E-state index contributed by atoms with van der Waals surface area (Å²) in [5, 5.41) is 0. The van der Waals surface area contributed by atoms with Crippen LogP contribution >= 0.6 is 0 Å². The highest BCUT2D eigenvalue weighted by Crippen LogP contribution is 2.37. The molecule has 0 bridgehead atoms. The minimum atomic E-state index is -0.215. The largest absolute Gasteiger partial charge is 0.366 e. The van der Waals surface area contributed by atoms with Crippen molar-refractivity contribution in [2.24, 2.45) is 0 Å². The molecule has 0 spiro atoms. The molecule has 0 unspecified atom stereocenters. The molecular weight excluding hydrogens is 360 g/mol. The quantitative estimate of drug-likeness (QED) is 0.716. The lowest BCUT2D eigenvalue weighted by Gasteiger charge is -2.30. The second-order valence-corrected chi connectivity index (χ2v) is 8.24. The highest BCUT2D eigenvalue weighted by Gasteiger charge is 2.43. The van der Waals surface area contributed by atoms with Gasteiger partial charge in [-0.1, -0.05) is 30.3 Å². The van der Waals surface area contributed by atoms with E-state index in [-0.39, 0.29) is 11.8 Å². The minimum Gasteiger partial charge on any atom is -0.366 e. The monoisotopic (exact) mass is 388 g/mol. The van der Waals surface area contributed by atoms with Crippen LogP contribution in [-0.2, 0) is 9.59 Å². The summed E-state index contributed by atoms with van der Waals surface area (Å²) in [6.45, 7) is 9.73. The highest BCUT2D eigenvalue weighted by atomic mass is 16.2. The second kappa shape index (κ2) is 7.51. The molecule has 2 aromatic carbocycles. The van der Waals surface area contributed by atoms with E-state index in [9.17, 15) is 9.59 Å². The second-order valence-electron chi connectivity index (χ2n) is 8.24. The van der Waals surface area contributed by atoms with Crippen molar-refractivity contribution in [1.82, 2.24) is 4.90 Å². The Balaban J connectivity index is 1.88. The molecule has 29 heavy (non-hydrogen) atoms. The molecule has 4 rings (SSSR count). The summed E-state index contributed by atoms with van der Waals surface area (Å²) < 4.78 is 0. The van der Waals surface area contributed by atoms with Crippen molar-refractivity contribution in [3.8, 4) is 0 Å². The third kappa shape index (κ3) is 3.27. The number of benzene rings is 2. The average Bonchev–Trinajstić information content (AvgIpc) is 2.97. The molecule has 0 N–H and O–H groups in total. The number of hydrogen-bond donors (Lipinski definition) is 0. The number of amides is 2. The molecule has 0 atom stereocenters. The van der Waals surface area contributed by atoms with Crippen LogP contribution in [0.15, 0.2) is 42.1 Å². The first-order valence-corrected chi connectivity index (χ1v) is 10.4. The van der Waals surface area contributed by atoms with Gasteiger partial charge in [0.1, 0.15) is 5.70 Å². The van der Waals surface area contributed by atoms with E-state index in [0.717, 1.165) is 48.2 Å². The van der Waals surface area contributed by atoms with Crippen LogP contribution in [0.1, 0.15) is 47.1 Å². The highest BCUT2D eigenvalue weighted by molar-refractivity contribution is 6.45. The van der Waals surface area contributed by atoms with E-state index in [1.54, 1.807) is 0 Å². The summed E-state index contributed by atoms with van der Waals surface area (Å²) in [6.07, 6.45) is 3.27. The van der Waals surface area contributed by atoms with Gasteiger partial charge >= 0.3 is 0 Å². The van der Waals surface area contributed by atoms with Crippen molar-refractivity contribution in [1.29, 1.82) is 0 Å². The molecule has 2 amide bonds. The predicted octanol–water partition coefficient (Wildman–Crippen LogP) is 4.69. The standard InChI is InChI=1S/C25H28N2O2/c1-16-11-12-20(15-18(16)3)22-23(26-13-6-5-7-14-26)25(29)27(24(22)28)21-10-8-9-17(2)19(21)4/h8-12,15H,5-7,13-14H2,1-4H3. The Morgan fingerprint density at radius 3 is 2.17 bits per heavy atom. The maximum absolute atomic E-state index is 13.7. The van der Waals surface area contributed by atoms with Crippen molar-refractivity contribution in [3.63, 3.8) is 0 Å². The Kier molecular flexibility index (Phi) is 5.03. The molecule has 0 radical (unpaired) electrons. The molecule has 2 aromatic rings. The van der Waals surface area contributed by atoms with Crippen molar-refractivity contribution in [2.75, 3.05) is 18.0 Å². The van der Waals surface area contributed by atoms with Gasteiger partial charge < -0.3 is 4.90 Å². The molecule has 2 aliphatic rings. The Morgan fingerprint density at radius 1 is 0.759 bits per heavy atom. The number of carbonyl (C=O) groups excluding carboxylic acids is 2. The summed E-state index contributed by atoms with van der Waals surface area (Å²) in [4.78, 5) is 30.8. The number of likely N-dealkylation sites (tertiary alicyclic amines) is 1. The van der Waals surface area contributed by atoms with Gasteiger partial charge in [-0.15, -0.1) is 0 Å². The number of piperidine rings is 1. The van der Waals surface area contributed by atoms with Crippen LogP contribution in [0.4, 0.5) is 5.69 Å². The summed E-state index contributed by atoms with van der Waals surface area (Å²) in [7, 11) is 0. The van der Waals surface area contributed by atoms with E-state index in [4.69, 9.17) is 0 Å². The molecule has 2 heterocycles. The third-order valence-electron chi connectivity index (χ3n) is 6.34. The van der Waals surface area contributed by atoms with Crippen LogP contribution in [0.2, 0.25) is 0 Å². The fourth-order valence-corrected chi connectivity index (χ4v) is 4.28. The minimum absolute atomic E-state index is 0.196. The number of anilines is 1. The fourth-order valence-electron chi connectivity index (χ4n) is 4.28. The fraction of sp³-hybridized carbons (Fsp3) is 0.360. The molecule has 0 aliphatic carbocycles. The Hall–Kier alpha value is -2.88. The van der Waals surface area contributed by atoms with Crippen LogP contribution in [0.5, 0.6) is 0 Å². The van der Waals surface area contributed by atoms with E-state index < -0.39 is 0 Å². The number of hydrogen-bond acceptors (Lipinski definition) is 3. The van der Waals surface area contributed by atoms with Crippen molar-refractivity contribution >= 4 is 23.1 Å². The molecule has 0 saturated carbocycles. The SMILES string of the molecule is Cc1ccc(C2=C(N3CCCCC3)C(=O)N(c3cccc(C)c3C)C2=O)cc1C. The maximum Gasteiger partial charge on any atom is 0.282 e. The molecule has 0 aromatic heterocycles. The lowest BCUT2D eigenvalue weighted by molar-refractivity contribution is -0.120. The molecule has 4 nitrogen and oxygen atoms in total. The Labute approximate surface area is 172 Å². The summed E-state index contributed by atoms with van der Waals surface area (Å²) >= 11 is 0. The summed E-state index contributed by atoms with van der Waals surface area (Å²) in [5.74, 6) is -0.411. The zero-order valence-electron chi connectivity index (χ0n) is 17.7. The first kappa shape index (κ1) is 19.4. The molecule has 2 aliphatic heterocycles. The Morgan fingerprint density at radius 2 is 1.48 bits per heavy atom. The summed E-state index contributed by atoms with van der Waals surface area (Å²) in [6, 6.07) is 11.8. The average molecular weight is 389 g/mol. The van der Waals surface area contributed by atoms with E-state index in [1.807, 2.05) is 57.2 Å². The molecule has 150 valence electrons. The van der Waals surface area contributed by atoms with E-state index in [0.29, 0.717) is 17.0 Å². The van der Waals surface area contributed by atoms with Gasteiger partial charge in [0.05, 0.1) is 11.3 Å². The smallest absolute Gasteiger partial charge is 0.282 e. The lowest BCUT2D eigenvalue weighted by Crippen LogP contribution is -2.37. The van der Waals surface area contributed by atoms with Crippen LogP contribution in [0, 0.1) is 27.7 Å². The maximum atomic E-state index is 13.7. The van der Waals surface area contributed by atoms with Gasteiger partial charge in [0.15, 0.2) is 0 Å². The zero-order valence-corrected chi connectivity index (χ0v) is 17.7. The topological polar surface area (TPSA) is 40.6 Å². The lowest BCUT2D eigenvalue weighted by atomic mass is 9.98. The third-order valence-corrected chi connectivity index (χ3v) is 6.34. The van der Waals surface area contributed by atoms with E-state index in [2.05, 4.69) is 11.8 Å². The van der Waals surface area contributed by atoms with Crippen molar-refractivity contribution in [2.45, 2.75) is 47.0 Å². The Bertz CT molecular complexity index is 1030. The number of carbonyl (C=O) groups is 2. The van der Waals surface area contributed by atoms with Gasteiger partial charge in [-0.25, -0.2) is 4.90 Å². The zero-order chi connectivity index (χ0) is 20.7. The number of aryl methyl sites for hydroxylation is 3. The van der Waals surface area contributed by atoms with Gasteiger partial charge in [0, 0.05) is 13.1 Å². The first-order chi connectivity index (χ1) is 13.9. The molecule has 1 saturated heterocycles.